The van der Waals surface area contributed by atoms with Crippen LogP contribution in [-0.2, 0) is 5.41 Å². The third kappa shape index (κ3) is 5.10. The predicted octanol–water partition coefficient (Wildman–Crippen LogP) is 13.0. The van der Waals surface area contributed by atoms with Crippen molar-refractivity contribution in [1.82, 2.24) is 15.0 Å². The highest BCUT2D eigenvalue weighted by atomic mass is 32.2. The molecule has 1 spiro atoms. The first-order chi connectivity index (χ1) is 27.8. The molecule has 2 aliphatic rings. The van der Waals surface area contributed by atoms with Gasteiger partial charge in [-0.15, -0.1) is 0 Å². The predicted molar refractivity (Wildman–Crippen MR) is 228 cm³/mol. The van der Waals surface area contributed by atoms with Crippen molar-refractivity contribution in [3.8, 4) is 67.5 Å². The molecule has 9 aromatic rings. The zero-order chi connectivity index (χ0) is 37.1. The van der Waals surface area contributed by atoms with E-state index in [0.717, 1.165) is 27.8 Å². The third-order valence-corrected chi connectivity index (χ3v) is 12.4. The van der Waals surface area contributed by atoms with Crippen molar-refractivity contribution in [3.63, 3.8) is 0 Å². The van der Waals surface area contributed by atoms with Gasteiger partial charge in [0.15, 0.2) is 17.5 Å². The summed E-state index contributed by atoms with van der Waals surface area (Å²) in [6.45, 7) is 0. The van der Waals surface area contributed by atoms with Crippen LogP contribution in [0.25, 0.3) is 67.5 Å². The first-order valence-corrected chi connectivity index (χ1v) is 19.8. The summed E-state index contributed by atoms with van der Waals surface area (Å²) in [6, 6.07) is 71.5. The lowest BCUT2D eigenvalue weighted by atomic mass is 9.67. The summed E-state index contributed by atoms with van der Waals surface area (Å²) >= 11 is 1.87. The van der Waals surface area contributed by atoms with E-state index in [0.29, 0.717) is 17.5 Å². The van der Waals surface area contributed by atoms with E-state index >= 15 is 0 Å². The largest absolute Gasteiger partial charge is 0.208 e. The summed E-state index contributed by atoms with van der Waals surface area (Å²) in [5.41, 5.74) is 15.0. The molecule has 1 aromatic heterocycles. The minimum absolute atomic E-state index is 0.429. The average Bonchev–Trinajstić information content (AvgIpc) is 3.57. The Morgan fingerprint density at radius 2 is 0.732 bits per heavy atom. The summed E-state index contributed by atoms with van der Waals surface area (Å²) in [6.07, 6.45) is 0. The Balaban J connectivity index is 1.07. The first-order valence-electron chi connectivity index (χ1n) is 18.9. The number of nitrogens with zero attached hydrogens (tertiary/aromatic N) is 3. The number of hydrogen-bond acceptors (Lipinski definition) is 4. The van der Waals surface area contributed by atoms with Crippen LogP contribution in [0.1, 0.15) is 22.3 Å². The Hall–Kier alpha value is -6.88. The summed E-state index contributed by atoms with van der Waals surface area (Å²) in [5, 5.41) is 0. The van der Waals surface area contributed by atoms with Gasteiger partial charge in [-0.05, 0) is 67.8 Å². The highest BCUT2D eigenvalue weighted by Gasteiger charge is 2.50. The van der Waals surface area contributed by atoms with Crippen molar-refractivity contribution in [2.75, 3.05) is 0 Å². The molecule has 11 rings (SSSR count). The van der Waals surface area contributed by atoms with Gasteiger partial charge in [0.05, 0.1) is 5.41 Å². The second-order valence-corrected chi connectivity index (χ2v) is 15.4. The maximum absolute atomic E-state index is 5.13. The normalized spacial score (nSPS) is 13.1. The molecule has 8 aromatic carbocycles. The van der Waals surface area contributed by atoms with E-state index < -0.39 is 5.41 Å². The molecular weight excluding hydrogens is 699 g/mol. The molecule has 1 aliphatic heterocycles. The molecule has 1 aliphatic carbocycles. The molecule has 0 fully saturated rings. The van der Waals surface area contributed by atoms with E-state index in [-0.39, 0.29) is 0 Å². The van der Waals surface area contributed by atoms with E-state index in [4.69, 9.17) is 15.0 Å². The lowest BCUT2D eigenvalue weighted by Gasteiger charge is -2.40. The highest BCUT2D eigenvalue weighted by Crippen LogP contribution is 2.63. The topological polar surface area (TPSA) is 38.7 Å². The van der Waals surface area contributed by atoms with Gasteiger partial charge in [0.1, 0.15) is 0 Å². The molecule has 4 heteroatoms. The van der Waals surface area contributed by atoms with Crippen LogP contribution in [0.2, 0.25) is 0 Å². The summed E-state index contributed by atoms with van der Waals surface area (Å²) < 4.78 is 0. The molecule has 0 radical (unpaired) electrons. The fraction of sp³-hybridized carbons (Fsp3) is 0.0192. The van der Waals surface area contributed by atoms with Gasteiger partial charge in [-0.1, -0.05) is 200 Å². The van der Waals surface area contributed by atoms with Gasteiger partial charge in [-0.25, -0.2) is 15.0 Å². The quantitative estimate of drug-likeness (QED) is 0.177. The van der Waals surface area contributed by atoms with E-state index in [9.17, 15) is 0 Å². The zero-order valence-electron chi connectivity index (χ0n) is 30.3. The molecular formula is C52H33N3S. The Morgan fingerprint density at radius 3 is 1.41 bits per heavy atom. The number of rotatable bonds is 5. The van der Waals surface area contributed by atoms with Crippen LogP contribution in [0.3, 0.4) is 0 Å². The lowest BCUT2D eigenvalue weighted by Crippen LogP contribution is -2.32. The Morgan fingerprint density at radius 1 is 0.304 bits per heavy atom. The Bertz CT molecular complexity index is 2890. The van der Waals surface area contributed by atoms with Crippen molar-refractivity contribution < 1.29 is 0 Å². The van der Waals surface area contributed by atoms with Crippen molar-refractivity contribution in [1.29, 1.82) is 0 Å². The van der Waals surface area contributed by atoms with Gasteiger partial charge >= 0.3 is 0 Å². The van der Waals surface area contributed by atoms with Crippen molar-refractivity contribution >= 4 is 11.8 Å². The van der Waals surface area contributed by atoms with Crippen LogP contribution in [0, 0.1) is 0 Å². The van der Waals surface area contributed by atoms with E-state index in [2.05, 4.69) is 176 Å². The number of benzene rings is 8. The van der Waals surface area contributed by atoms with Gasteiger partial charge in [0.25, 0.3) is 0 Å². The van der Waals surface area contributed by atoms with Gasteiger partial charge in [-0.2, -0.15) is 0 Å². The van der Waals surface area contributed by atoms with Crippen LogP contribution < -0.4 is 0 Å². The van der Waals surface area contributed by atoms with Crippen LogP contribution in [-0.4, -0.2) is 15.0 Å². The van der Waals surface area contributed by atoms with Crippen molar-refractivity contribution in [3.05, 3.63) is 222 Å². The molecule has 0 N–H and O–H groups in total. The number of fused-ring (bicyclic) bond motifs is 9. The van der Waals surface area contributed by atoms with Gasteiger partial charge in [0, 0.05) is 26.5 Å². The second kappa shape index (κ2) is 13.2. The lowest BCUT2D eigenvalue weighted by molar-refractivity contribution is 0.723. The van der Waals surface area contributed by atoms with Gasteiger partial charge in [0.2, 0.25) is 0 Å². The standard InChI is InChI=1S/C52H33N3S/c1-3-15-34(16-4-1)35-29-31-37(32-30-35)50-53-49(36-17-5-2-6-18-36)54-51(55-50)39-20-13-19-38(33-39)40-23-14-27-46-48(40)56-47-28-12-11-26-45(47)52(46)43-24-9-7-21-41(43)42-22-8-10-25-44(42)52/h1-33H. The molecule has 56 heavy (non-hydrogen) atoms. The zero-order valence-corrected chi connectivity index (χ0v) is 31.1. The minimum Gasteiger partial charge on any atom is -0.208 e. The fourth-order valence-corrected chi connectivity index (χ4v) is 10.0. The average molecular weight is 732 g/mol. The van der Waals surface area contributed by atoms with E-state index in [1.807, 2.05) is 36.0 Å². The van der Waals surface area contributed by atoms with E-state index in [1.54, 1.807) is 0 Å². The Kier molecular flexibility index (Phi) is 7.64. The minimum atomic E-state index is -0.429. The Labute approximate surface area is 330 Å². The maximum Gasteiger partial charge on any atom is 0.164 e. The van der Waals surface area contributed by atoms with Crippen molar-refractivity contribution in [2.45, 2.75) is 15.2 Å². The molecule has 0 amide bonds. The van der Waals surface area contributed by atoms with Gasteiger partial charge in [-0.3, -0.25) is 0 Å². The first kappa shape index (κ1) is 32.5. The molecule has 0 unspecified atom stereocenters. The fourth-order valence-electron chi connectivity index (χ4n) is 8.72. The van der Waals surface area contributed by atoms with Gasteiger partial charge < -0.3 is 0 Å². The van der Waals surface area contributed by atoms with Crippen LogP contribution in [0.4, 0.5) is 0 Å². The maximum atomic E-state index is 5.13. The van der Waals surface area contributed by atoms with Crippen molar-refractivity contribution in [2.24, 2.45) is 0 Å². The summed E-state index contributed by atoms with van der Waals surface area (Å²) in [4.78, 5) is 17.8. The number of aromatic nitrogens is 3. The highest BCUT2D eigenvalue weighted by molar-refractivity contribution is 7.99. The molecule has 2 heterocycles. The SMILES string of the molecule is c1ccc(-c2ccc(-c3nc(-c4ccccc4)nc(-c4cccc(-c5cccc6c5Sc5ccccc5C65c6ccccc6-c6ccccc65)c4)n3)cc2)cc1. The van der Waals surface area contributed by atoms with E-state index in [1.165, 1.54) is 54.3 Å². The third-order valence-electron chi connectivity index (χ3n) is 11.2. The molecule has 0 saturated carbocycles. The second-order valence-electron chi connectivity index (χ2n) is 14.3. The van der Waals surface area contributed by atoms with Crippen LogP contribution >= 0.6 is 11.8 Å². The molecule has 0 atom stereocenters. The van der Waals surface area contributed by atoms with Crippen LogP contribution in [0.15, 0.2) is 210 Å². The smallest absolute Gasteiger partial charge is 0.164 e. The molecule has 0 saturated heterocycles. The monoisotopic (exact) mass is 731 g/mol. The summed E-state index contributed by atoms with van der Waals surface area (Å²) in [5.74, 6) is 1.93. The summed E-state index contributed by atoms with van der Waals surface area (Å²) in [7, 11) is 0. The molecule has 0 bridgehead atoms. The number of hydrogen-bond donors (Lipinski definition) is 0. The van der Waals surface area contributed by atoms with Crippen LogP contribution in [0.5, 0.6) is 0 Å². The molecule has 3 nitrogen and oxygen atoms in total. The molecule has 262 valence electrons.